The van der Waals surface area contributed by atoms with Crippen LogP contribution in [-0.4, -0.2) is 53.1 Å². The van der Waals surface area contributed by atoms with Gasteiger partial charge < -0.3 is 20.1 Å². The summed E-state index contributed by atoms with van der Waals surface area (Å²) in [6, 6.07) is 8.30. The zero-order chi connectivity index (χ0) is 19.0. The Morgan fingerprint density at radius 2 is 1.85 bits per heavy atom. The number of aromatic amines is 1. The lowest BCUT2D eigenvalue weighted by Crippen LogP contribution is -2.44. The summed E-state index contributed by atoms with van der Waals surface area (Å²) in [6.45, 7) is 3.99. The van der Waals surface area contributed by atoms with Gasteiger partial charge in [0.25, 0.3) is 0 Å². The number of rotatable bonds is 3. The number of anilines is 3. The highest BCUT2D eigenvalue weighted by molar-refractivity contribution is 5.82. The van der Waals surface area contributed by atoms with Crippen molar-refractivity contribution in [2.24, 2.45) is 0 Å². The van der Waals surface area contributed by atoms with E-state index in [0.29, 0.717) is 11.6 Å². The van der Waals surface area contributed by atoms with Crippen molar-refractivity contribution in [3.8, 4) is 0 Å². The Balaban J connectivity index is 1.51. The molecule has 142 valence electrons. The summed E-state index contributed by atoms with van der Waals surface area (Å²) in [4.78, 5) is 15.7. The molecule has 1 aromatic carbocycles. The molecule has 6 nitrogen and oxygen atoms in total. The minimum absolute atomic E-state index is 0.432. The van der Waals surface area contributed by atoms with Gasteiger partial charge in [-0.05, 0) is 37.4 Å². The molecule has 4 rings (SSSR count). The van der Waals surface area contributed by atoms with Crippen molar-refractivity contribution >= 4 is 28.4 Å². The number of halogens is 3. The fourth-order valence-electron chi connectivity index (χ4n) is 3.09. The zero-order valence-electron chi connectivity index (χ0n) is 14.7. The number of aromatic nitrogens is 3. The summed E-state index contributed by atoms with van der Waals surface area (Å²) in [5.74, 6) is 0.460. The van der Waals surface area contributed by atoms with Crippen LogP contribution in [0.15, 0.2) is 36.5 Å². The van der Waals surface area contributed by atoms with E-state index in [1.54, 1.807) is 0 Å². The van der Waals surface area contributed by atoms with E-state index in [0.717, 1.165) is 55.2 Å². The van der Waals surface area contributed by atoms with Crippen LogP contribution < -0.4 is 10.2 Å². The predicted octanol–water partition coefficient (Wildman–Crippen LogP) is 3.47. The molecule has 0 radical (unpaired) electrons. The van der Waals surface area contributed by atoms with Crippen molar-refractivity contribution in [3.63, 3.8) is 0 Å². The van der Waals surface area contributed by atoms with Crippen molar-refractivity contribution in [1.29, 1.82) is 0 Å². The second kappa shape index (κ2) is 6.73. The number of hydrogen-bond donors (Lipinski definition) is 2. The van der Waals surface area contributed by atoms with E-state index in [1.807, 2.05) is 18.2 Å². The Labute approximate surface area is 154 Å². The summed E-state index contributed by atoms with van der Waals surface area (Å²) in [5, 5.41) is 2.96. The van der Waals surface area contributed by atoms with Gasteiger partial charge in [0, 0.05) is 31.9 Å². The van der Waals surface area contributed by atoms with Gasteiger partial charge in [-0.15, -0.1) is 0 Å². The topological polar surface area (TPSA) is 60.1 Å². The molecule has 0 aliphatic carbocycles. The standard InChI is InChI=1S/C18H19F3N6/c1-26-6-8-27(9-7-26)13-3-4-14-15(10-13)25-17(24-14)23-12-2-5-16(22-11-12)18(19,20)21/h2-5,10-11H,6-9H2,1H3,(H2,23,24,25). The monoisotopic (exact) mass is 376 g/mol. The molecule has 0 bridgehead atoms. The predicted molar refractivity (Wildman–Crippen MR) is 98.3 cm³/mol. The molecule has 2 N–H and O–H groups in total. The number of likely N-dealkylation sites (N-methyl/N-ethyl adjacent to an activating group) is 1. The summed E-state index contributed by atoms with van der Waals surface area (Å²) >= 11 is 0. The molecule has 3 aromatic rings. The first kappa shape index (κ1) is 17.6. The van der Waals surface area contributed by atoms with Crippen molar-refractivity contribution in [2.45, 2.75) is 6.18 Å². The molecule has 1 aliphatic heterocycles. The maximum absolute atomic E-state index is 12.6. The van der Waals surface area contributed by atoms with Crippen LogP contribution in [0.3, 0.4) is 0 Å². The molecule has 0 amide bonds. The lowest BCUT2D eigenvalue weighted by Gasteiger charge is -2.34. The molecule has 3 heterocycles. The highest BCUT2D eigenvalue weighted by Crippen LogP contribution is 2.28. The number of hydrogen-bond acceptors (Lipinski definition) is 5. The summed E-state index contributed by atoms with van der Waals surface area (Å²) in [7, 11) is 2.11. The maximum Gasteiger partial charge on any atom is 0.433 e. The lowest BCUT2D eigenvalue weighted by molar-refractivity contribution is -0.141. The van der Waals surface area contributed by atoms with Crippen molar-refractivity contribution < 1.29 is 13.2 Å². The SMILES string of the molecule is CN1CCN(c2ccc3nc(Nc4ccc(C(F)(F)F)nc4)[nH]c3c2)CC1. The van der Waals surface area contributed by atoms with E-state index in [1.165, 1.54) is 6.07 Å². The fourth-order valence-corrected chi connectivity index (χ4v) is 3.09. The average molecular weight is 376 g/mol. The molecule has 0 spiro atoms. The van der Waals surface area contributed by atoms with Crippen molar-refractivity contribution in [1.82, 2.24) is 19.9 Å². The van der Waals surface area contributed by atoms with Crippen LogP contribution in [0.1, 0.15) is 5.69 Å². The van der Waals surface area contributed by atoms with Gasteiger partial charge in [0.1, 0.15) is 5.69 Å². The molecular weight excluding hydrogens is 357 g/mol. The van der Waals surface area contributed by atoms with Gasteiger partial charge in [-0.25, -0.2) is 9.97 Å². The fraction of sp³-hybridized carbons (Fsp3) is 0.333. The maximum atomic E-state index is 12.6. The van der Waals surface area contributed by atoms with Crippen LogP contribution in [0.5, 0.6) is 0 Å². The Morgan fingerprint density at radius 3 is 2.52 bits per heavy atom. The molecule has 9 heteroatoms. The van der Waals surface area contributed by atoms with Crippen LogP contribution in [0.2, 0.25) is 0 Å². The van der Waals surface area contributed by atoms with E-state index in [-0.39, 0.29) is 0 Å². The minimum atomic E-state index is -4.45. The Morgan fingerprint density at radius 1 is 1.07 bits per heavy atom. The molecule has 1 aliphatic rings. The van der Waals surface area contributed by atoms with Crippen molar-refractivity contribution in [3.05, 3.63) is 42.2 Å². The van der Waals surface area contributed by atoms with Gasteiger partial charge in [0.15, 0.2) is 0 Å². The third-order valence-corrected chi connectivity index (χ3v) is 4.65. The number of nitrogens with one attached hydrogen (secondary N) is 2. The van der Waals surface area contributed by atoms with Gasteiger partial charge in [-0.2, -0.15) is 13.2 Å². The lowest BCUT2D eigenvalue weighted by atomic mass is 10.2. The highest BCUT2D eigenvalue weighted by Gasteiger charge is 2.32. The molecular formula is C18H19F3N6. The van der Waals surface area contributed by atoms with E-state index in [4.69, 9.17) is 0 Å². The number of benzene rings is 1. The average Bonchev–Trinajstić information content (AvgIpc) is 3.03. The first-order valence-corrected chi connectivity index (χ1v) is 8.62. The van der Waals surface area contributed by atoms with Crippen LogP contribution in [0.25, 0.3) is 11.0 Å². The Bertz CT molecular complexity index is 926. The van der Waals surface area contributed by atoms with Gasteiger partial charge >= 0.3 is 6.18 Å². The van der Waals surface area contributed by atoms with Gasteiger partial charge in [-0.1, -0.05) is 0 Å². The number of nitrogens with zero attached hydrogens (tertiary/aromatic N) is 4. The Kier molecular flexibility index (Phi) is 4.39. The molecule has 0 saturated carbocycles. The first-order chi connectivity index (χ1) is 12.9. The van der Waals surface area contributed by atoms with Crippen LogP contribution in [0, 0.1) is 0 Å². The highest BCUT2D eigenvalue weighted by atomic mass is 19.4. The molecule has 27 heavy (non-hydrogen) atoms. The largest absolute Gasteiger partial charge is 0.433 e. The van der Waals surface area contributed by atoms with Crippen molar-refractivity contribution in [2.75, 3.05) is 43.4 Å². The first-order valence-electron chi connectivity index (χ1n) is 8.62. The van der Waals surface area contributed by atoms with Crippen LogP contribution in [-0.2, 0) is 6.18 Å². The summed E-state index contributed by atoms with van der Waals surface area (Å²) in [5.41, 5.74) is 2.29. The van der Waals surface area contributed by atoms with Crippen LogP contribution >= 0.6 is 0 Å². The second-order valence-corrected chi connectivity index (χ2v) is 6.63. The summed E-state index contributed by atoms with van der Waals surface area (Å²) in [6.07, 6.45) is -3.30. The molecule has 2 aromatic heterocycles. The third-order valence-electron chi connectivity index (χ3n) is 4.65. The van der Waals surface area contributed by atoms with Gasteiger partial charge in [-0.3, -0.25) is 0 Å². The van der Waals surface area contributed by atoms with Crippen LogP contribution in [0.4, 0.5) is 30.5 Å². The van der Waals surface area contributed by atoms with Gasteiger partial charge in [0.2, 0.25) is 5.95 Å². The molecule has 0 unspecified atom stereocenters. The number of fused-ring (bicyclic) bond motifs is 1. The molecule has 1 fully saturated rings. The van der Waals surface area contributed by atoms with E-state index >= 15 is 0 Å². The third kappa shape index (κ3) is 3.82. The Hall–Kier alpha value is -2.81. The summed E-state index contributed by atoms with van der Waals surface area (Å²) < 4.78 is 37.8. The smallest absolute Gasteiger partial charge is 0.369 e. The minimum Gasteiger partial charge on any atom is -0.369 e. The number of H-pyrrole nitrogens is 1. The number of piperazine rings is 1. The zero-order valence-corrected chi connectivity index (χ0v) is 14.7. The number of alkyl halides is 3. The van der Waals surface area contributed by atoms with E-state index in [2.05, 4.69) is 37.1 Å². The quantitative estimate of drug-likeness (QED) is 0.733. The van der Waals surface area contributed by atoms with E-state index in [9.17, 15) is 13.2 Å². The second-order valence-electron chi connectivity index (χ2n) is 6.63. The van der Waals surface area contributed by atoms with Gasteiger partial charge in [0.05, 0.1) is 22.9 Å². The normalized spacial score (nSPS) is 16.1. The van der Waals surface area contributed by atoms with E-state index < -0.39 is 11.9 Å². The number of imidazole rings is 1. The molecule has 1 saturated heterocycles. The molecule has 0 atom stereocenters. The number of pyridine rings is 1.